The van der Waals surface area contributed by atoms with Crippen molar-refractivity contribution in [1.29, 1.82) is 0 Å². The van der Waals surface area contributed by atoms with Crippen LogP contribution in [0, 0.1) is 0 Å². The molecule has 0 aliphatic heterocycles. The molecule has 0 atom stereocenters. The minimum atomic E-state index is 0.0727. The molecule has 0 saturated carbocycles. The Balaban J connectivity index is 2.33. The molecule has 3 heteroatoms. The van der Waals surface area contributed by atoms with E-state index in [1.54, 1.807) is 7.11 Å². The van der Waals surface area contributed by atoms with Gasteiger partial charge in [-0.3, -0.25) is 0 Å². The summed E-state index contributed by atoms with van der Waals surface area (Å²) in [5, 5.41) is 4.59. The summed E-state index contributed by atoms with van der Waals surface area (Å²) in [6, 6.07) is 8.09. The van der Waals surface area contributed by atoms with E-state index in [9.17, 15) is 0 Å². The van der Waals surface area contributed by atoms with E-state index in [-0.39, 0.29) is 5.54 Å². The third-order valence-electron chi connectivity index (χ3n) is 2.85. The number of para-hydroxylation sites is 1. The van der Waals surface area contributed by atoms with Crippen LogP contribution in [0.2, 0.25) is 0 Å². The van der Waals surface area contributed by atoms with Crippen molar-refractivity contribution in [2.75, 3.05) is 7.11 Å². The van der Waals surface area contributed by atoms with Gasteiger partial charge in [-0.05, 0) is 26.8 Å². The molecule has 0 aliphatic rings. The number of nitrogens with one attached hydrogen (secondary N) is 1. The number of benzene rings is 1. The van der Waals surface area contributed by atoms with Crippen molar-refractivity contribution in [1.82, 2.24) is 5.32 Å². The molecule has 0 bridgehead atoms. The van der Waals surface area contributed by atoms with Gasteiger partial charge in [-0.2, -0.15) is 0 Å². The van der Waals surface area contributed by atoms with Gasteiger partial charge in [0.1, 0.15) is 11.3 Å². The Morgan fingerprint density at radius 3 is 2.61 bits per heavy atom. The lowest BCUT2D eigenvalue weighted by molar-refractivity contribution is 0.183. The molecule has 0 radical (unpaired) electrons. The first-order valence-corrected chi connectivity index (χ1v) is 6.24. The second-order valence-electron chi connectivity index (χ2n) is 5.54. The minimum Gasteiger partial charge on any atom is -0.459 e. The smallest absolute Gasteiger partial charge is 0.134 e. The van der Waals surface area contributed by atoms with Crippen molar-refractivity contribution in [3.05, 3.63) is 35.6 Å². The molecule has 18 heavy (non-hydrogen) atoms. The molecule has 1 aromatic heterocycles. The van der Waals surface area contributed by atoms with Crippen molar-refractivity contribution in [3.63, 3.8) is 0 Å². The highest BCUT2D eigenvalue weighted by molar-refractivity contribution is 5.82. The van der Waals surface area contributed by atoms with Crippen molar-refractivity contribution < 1.29 is 9.15 Å². The molecule has 1 N–H and O–H groups in total. The summed E-state index contributed by atoms with van der Waals surface area (Å²) in [6.45, 7) is 7.73. The largest absolute Gasteiger partial charge is 0.459 e. The summed E-state index contributed by atoms with van der Waals surface area (Å²) < 4.78 is 11.2. The quantitative estimate of drug-likeness (QED) is 0.898. The summed E-state index contributed by atoms with van der Waals surface area (Å²) in [5.41, 5.74) is 2.14. The normalized spacial score (nSPS) is 12.2. The Labute approximate surface area is 108 Å². The van der Waals surface area contributed by atoms with Crippen LogP contribution in [0.5, 0.6) is 0 Å². The van der Waals surface area contributed by atoms with Gasteiger partial charge in [0.15, 0.2) is 0 Å². The predicted octanol–water partition coefficient (Wildman–Crippen LogP) is 3.47. The van der Waals surface area contributed by atoms with Gasteiger partial charge in [-0.1, -0.05) is 18.2 Å². The van der Waals surface area contributed by atoms with Crippen LogP contribution in [-0.2, 0) is 17.9 Å². The van der Waals surface area contributed by atoms with Gasteiger partial charge in [0.2, 0.25) is 0 Å². The topological polar surface area (TPSA) is 34.4 Å². The third kappa shape index (κ3) is 2.92. The van der Waals surface area contributed by atoms with Gasteiger partial charge in [-0.25, -0.2) is 0 Å². The average Bonchev–Trinajstić information content (AvgIpc) is 2.65. The monoisotopic (exact) mass is 247 g/mol. The van der Waals surface area contributed by atoms with Crippen molar-refractivity contribution in [2.45, 2.75) is 39.5 Å². The Kier molecular flexibility index (Phi) is 3.73. The highest BCUT2D eigenvalue weighted by Crippen LogP contribution is 2.26. The highest BCUT2D eigenvalue weighted by Gasteiger charge is 2.16. The van der Waals surface area contributed by atoms with Crippen LogP contribution in [0.4, 0.5) is 0 Å². The van der Waals surface area contributed by atoms with Gasteiger partial charge < -0.3 is 14.5 Å². The third-order valence-corrected chi connectivity index (χ3v) is 2.85. The fourth-order valence-corrected chi connectivity index (χ4v) is 1.94. The van der Waals surface area contributed by atoms with Crippen LogP contribution in [0.25, 0.3) is 11.0 Å². The zero-order chi connectivity index (χ0) is 13.2. The van der Waals surface area contributed by atoms with Crippen molar-refractivity contribution in [2.24, 2.45) is 0 Å². The van der Waals surface area contributed by atoms with E-state index in [1.165, 1.54) is 0 Å². The van der Waals surface area contributed by atoms with Crippen molar-refractivity contribution in [3.8, 4) is 0 Å². The van der Waals surface area contributed by atoms with E-state index in [0.717, 1.165) is 28.8 Å². The summed E-state index contributed by atoms with van der Waals surface area (Å²) in [7, 11) is 1.71. The number of ether oxygens (including phenoxy) is 1. The Hall–Kier alpha value is -1.32. The standard InChI is InChI=1S/C15H21NO2/c1-15(2,3)16-9-14-12(10-17-4)11-7-5-6-8-13(11)18-14/h5-8,16H,9-10H2,1-4H3. The maximum Gasteiger partial charge on any atom is 0.134 e. The van der Waals surface area contributed by atoms with E-state index in [1.807, 2.05) is 18.2 Å². The Morgan fingerprint density at radius 2 is 1.94 bits per heavy atom. The van der Waals surface area contributed by atoms with Crippen LogP contribution in [0.15, 0.2) is 28.7 Å². The molecule has 0 unspecified atom stereocenters. The summed E-state index contributed by atoms with van der Waals surface area (Å²) >= 11 is 0. The average molecular weight is 247 g/mol. The highest BCUT2D eigenvalue weighted by atomic mass is 16.5. The van der Waals surface area contributed by atoms with E-state index in [0.29, 0.717) is 6.61 Å². The second-order valence-corrected chi connectivity index (χ2v) is 5.54. The maximum atomic E-state index is 5.90. The van der Waals surface area contributed by atoms with Crippen LogP contribution in [0.1, 0.15) is 32.1 Å². The van der Waals surface area contributed by atoms with Gasteiger partial charge in [0, 0.05) is 23.6 Å². The fourth-order valence-electron chi connectivity index (χ4n) is 1.94. The number of fused-ring (bicyclic) bond motifs is 1. The van der Waals surface area contributed by atoms with E-state index >= 15 is 0 Å². The maximum absolute atomic E-state index is 5.90. The van der Waals surface area contributed by atoms with Crippen LogP contribution in [0.3, 0.4) is 0 Å². The lowest BCUT2D eigenvalue weighted by Crippen LogP contribution is -2.35. The molecule has 0 fully saturated rings. The first-order valence-electron chi connectivity index (χ1n) is 6.24. The SMILES string of the molecule is COCc1c(CNC(C)(C)C)oc2ccccc12. The van der Waals surface area contributed by atoms with E-state index in [4.69, 9.17) is 9.15 Å². The number of methoxy groups -OCH3 is 1. The van der Waals surface area contributed by atoms with E-state index in [2.05, 4.69) is 32.2 Å². The molecule has 0 saturated heterocycles. The number of furan rings is 1. The number of rotatable bonds is 4. The minimum absolute atomic E-state index is 0.0727. The molecule has 0 aliphatic carbocycles. The van der Waals surface area contributed by atoms with Gasteiger partial charge in [-0.15, -0.1) is 0 Å². The van der Waals surface area contributed by atoms with E-state index < -0.39 is 0 Å². The molecule has 2 rings (SSSR count). The zero-order valence-electron chi connectivity index (χ0n) is 11.5. The molecule has 2 aromatic rings. The number of hydrogen-bond donors (Lipinski definition) is 1. The molecule has 98 valence electrons. The lowest BCUT2D eigenvalue weighted by Gasteiger charge is -2.19. The molecule has 1 heterocycles. The first-order chi connectivity index (χ1) is 8.51. The molecule has 3 nitrogen and oxygen atoms in total. The molecule has 0 amide bonds. The Bertz CT molecular complexity index is 523. The van der Waals surface area contributed by atoms with Gasteiger partial charge in [0.05, 0.1) is 13.2 Å². The Morgan fingerprint density at radius 1 is 1.22 bits per heavy atom. The predicted molar refractivity (Wildman–Crippen MR) is 73.5 cm³/mol. The van der Waals surface area contributed by atoms with Crippen LogP contribution < -0.4 is 5.32 Å². The molecule has 1 aromatic carbocycles. The summed E-state index contributed by atoms with van der Waals surface area (Å²) in [6.07, 6.45) is 0. The number of hydrogen-bond acceptors (Lipinski definition) is 3. The second kappa shape index (κ2) is 5.12. The lowest BCUT2D eigenvalue weighted by atomic mass is 10.1. The summed E-state index contributed by atoms with van der Waals surface area (Å²) in [5.74, 6) is 0.966. The fraction of sp³-hybridized carbons (Fsp3) is 0.467. The summed E-state index contributed by atoms with van der Waals surface area (Å²) in [4.78, 5) is 0. The molecule has 0 spiro atoms. The van der Waals surface area contributed by atoms with Gasteiger partial charge >= 0.3 is 0 Å². The van der Waals surface area contributed by atoms with Crippen LogP contribution in [-0.4, -0.2) is 12.6 Å². The molecular formula is C15H21NO2. The zero-order valence-corrected chi connectivity index (χ0v) is 11.5. The van der Waals surface area contributed by atoms with Crippen molar-refractivity contribution >= 4 is 11.0 Å². The van der Waals surface area contributed by atoms with Crippen LogP contribution >= 0.6 is 0 Å². The first kappa shape index (κ1) is 13.1. The van der Waals surface area contributed by atoms with Gasteiger partial charge in [0.25, 0.3) is 0 Å². The molecular weight excluding hydrogens is 226 g/mol.